The minimum Gasteiger partial charge on any atom is -0.423 e. The highest BCUT2D eigenvalue weighted by Gasteiger charge is 2.21. The van der Waals surface area contributed by atoms with E-state index in [1.54, 1.807) is 6.07 Å². The van der Waals surface area contributed by atoms with Crippen LogP contribution in [0.5, 0.6) is 0 Å². The number of fused-ring (bicyclic) bond motifs is 1. The van der Waals surface area contributed by atoms with Crippen molar-refractivity contribution in [2.24, 2.45) is 0 Å². The van der Waals surface area contributed by atoms with Gasteiger partial charge in [0.15, 0.2) is 0 Å². The second-order valence-corrected chi connectivity index (χ2v) is 8.90. The summed E-state index contributed by atoms with van der Waals surface area (Å²) in [6.07, 6.45) is 11.6. The van der Waals surface area contributed by atoms with Gasteiger partial charge in [-0.15, -0.1) is 0 Å². The van der Waals surface area contributed by atoms with Crippen molar-refractivity contribution in [3.63, 3.8) is 0 Å². The van der Waals surface area contributed by atoms with Crippen molar-refractivity contribution in [1.82, 2.24) is 4.90 Å². The first kappa shape index (κ1) is 19.9. The molecule has 31 heavy (non-hydrogen) atoms. The molecule has 2 aliphatic rings. The largest absolute Gasteiger partial charge is 0.423 e. The zero-order chi connectivity index (χ0) is 21.0. The van der Waals surface area contributed by atoms with Crippen molar-refractivity contribution >= 4 is 22.7 Å². The Hall–Kier alpha value is -3.01. The third-order valence-corrected chi connectivity index (χ3v) is 6.76. The van der Waals surface area contributed by atoms with Crippen LogP contribution in [0.25, 0.3) is 17.0 Å². The van der Waals surface area contributed by atoms with E-state index >= 15 is 0 Å². The van der Waals surface area contributed by atoms with Gasteiger partial charge in [-0.05, 0) is 67.1 Å². The fourth-order valence-electron chi connectivity index (χ4n) is 4.98. The fraction of sp³-hybridized carbons (Fsp3) is 0.370. The Morgan fingerprint density at radius 2 is 1.71 bits per heavy atom. The minimum atomic E-state index is -0.285. The number of rotatable bonds is 5. The third kappa shape index (κ3) is 4.68. The number of nitrogens with one attached hydrogen (secondary N) is 1. The summed E-state index contributed by atoms with van der Waals surface area (Å²) in [6.45, 7) is 2.02. The fourth-order valence-corrected chi connectivity index (χ4v) is 4.98. The molecule has 1 aliphatic heterocycles. The molecule has 4 nitrogen and oxygen atoms in total. The monoisotopic (exact) mass is 414 g/mol. The SMILES string of the molecule is O=c1cc(NC2CCN(/C=C/c3ccccc3)CC2)c2cc(C3CCCC3)ccc2o1. The first-order valence-corrected chi connectivity index (χ1v) is 11.6. The standard InChI is InChI=1S/C27H30N2O2/c30-27-19-25(24-18-22(10-11-26(24)31-27)21-8-4-5-9-21)28-23-13-16-29(17-14-23)15-12-20-6-2-1-3-7-20/h1-3,6-7,10-12,15,18-19,21,23,28H,4-5,8-9,13-14,16-17H2/b15-12+. The maximum Gasteiger partial charge on any atom is 0.338 e. The summed E-state index contributed by atoms with van der Waals surface area (Å²) in [6, 6.07) is 18.8. The van der Waals surface area contributed by atoms with E-state index in [9.17, 15) is 4.79 Å². The van der Waals surface area contributed by atoms with Gasteiger partial charge in [-0.25, -0.2) is 4.79 Å². The molecule has 4 heteroatoms. The average Bonchev–Trinajstić information content (AvgIpc) is 3.34. The lowest BCUT2D eigenvalue weighted by atomic mass is 9.96. The summed E-state index contributed by atoms with van der Waals surface area (Å²) in [5.74, 6) is 0.642. The predicted octanol–water partition coefficient (Wildman–Crippen LogP) is 6.00. The Labute approximate surface area is 183 Å². The second-order valence-electron chi connectivity index (χ2n) is 8.90. The molecule has 3 aromatic rings. The summed E-state index contributed by atoms with van der Waals surface area (Å²) in [5, 5.41) is 4.70. The molecule has 1 aliphatic carbocycles. The Balaban J connectivity index is 1.28. The zero-order valence-corrected chi connectivity index (χ0v) is 17.9. The number of likely N-dealkylation sites (tertiary alicyclic amines) is 1. The van der Waals surface area contributed by atoms with Gasteiger partial charge in [0.2, 0.25) is 0 Å². The van der Waals surface area contributed by atoms with E-state index in [2.05, 4.69) is 58.9 Å². The molecule has 0 bridgehead atoms. The van der Waals surface area contributed by atoms with Crippen LogP contribution in [0.2, 0.25) is 0 Å². The molecule has 1 saturated carbocycles. The Bertz CT molecular complexity index is 1110. The van der Waals surface area contributed by atoms with Crippen LogP contribution in [0.15, 0.2) is 70.0 Å². The van der Waals surface area contributed by atoms with Gasteiger partial charge >= 0.3 is 5.63 Å². The van der Waals surface area contributed by atoms with Gasteiger partial charge in [0.25, 0.3) is 0 Å². The Morgan fingerprint density at radius 3 is 2.48 bits per heavy atom. The summed E-state index contributed by atoms with van der Waals surface area (Å²) < 4.78 is 5.49. The van der Waals surface area contributed by atoms with E-state index < -0.39 is 0 Å². The van der Waals surface area contributed by atoms with Crippen molar-refractivity contribution in [3.05, 3.63) is 82.3 Å². The molecule has 0 amide bonds. The van der Waals surface area contributed by atoms with Crippen LogP contribution in [-0.4, -0.2) is 24.0 Å². The highest BCUT2D eigenvalue weighted by Crippen LogP contribution is 2.36. The molecule has 2 fully saturated rings. The molecule has 1 N–H and O–H groups in total. The van der Waals surface area contributed by atoms with Crippen LogP contribution in [0.3, 0.4) is 0 Å². The molecule has 1 saturated heterocycles. The number of piperidine rings is 1. The van der Waals surface area contributed by atoms with Crippen molar-refractivity contribution in [2.45, 2.75) is 50.5 Å². The van der Waals surface area contributed by atoms with Crippen LogP contribution in [0.1, 0.15) is 55.6 Å². The Morgan fingerprint density at radius 1 is 0.935 bits per heavy atom. The molecule has 0 unspecified atom stereocenters. The van der Waals surface area contributed by atoms with Gasteiger partial charge in [0.05, 0.1) is 5.69 Å². The molecule has 2 heterocycles. The highest BCUT2D eigenvalue weighted by molar-refractivity contribution is 5.90. The molecule has 160 valence electrons. The van der Waals surface area contributed by atoms with E-state index in [-0.39, 0.29) is 5.63 Å². The zero-order valence-electron chi connectivity index (χ0n) is 17.9. The van der Waals surface area contributed by atoms with Crippen LogP contribution >= 0.6 is 0 Å². The van der Waals surface area contributed by atoms with Crippen molar-refractivity contribution < 1.29 is 4.42 Å². The Kier molecular flexibility index (Phi) is 5.79. The van der Waals surface area contributed by atoms with Crippen LogP contribution in [0, 0.1) is 0 Å². The van der Waals surface area contributed by atoms with E-state index in [1.165, 1.54) is 36.8 Å². The quantitative estimate of drug-likeness (QED) is 0.520. The molecule has 0 spiro atoms. The summed E-state index contributed by atoms with van der Waals surface area (Å²) in [7, 11) is 0. The van der Waals surface area contributed by atoms with Gasteiger partial charge in [-0.3, -0.25) is 0 Å². The second kappa shape index (κ2) is 9.01. The molecular weight excluding hydrogens is 384 g/mol. The van der Waals surface area contributed by atoms with Gasteiger partial charge < -0.3 is 14.6 Å². The molecule has 0 radical (unpaired) electrons. The molecule has 2 aromatic carbocycles. The van der Waals surface area contributed by atoms with Gasteiger partial charge in [0, 0.05) is 30.6 Å². The lowest BCUT2D eigenvalue weighted by molar-refractivity contribution is 0.295. The number of hydrogen-bond acceptors (Lipinski definition) is 4. The molecule has 1 aromatic heterocycles. The summed E-state index contributed by atoms with van der Waals surface area (Å²) in [4.78, 5) is 14.5. The van der Waals surface area contributed by atoms with Crippen molar-refractivity contribution in [1.29, 1.82) is 0 Å². The van der Waals surface area contributed by atoms with E-state index in [4.69, 9.17) is 4.42 Å². The van der Waals surface area contributed by atoms with Crippen LogP contribution in [-0.2, 0) is 0 Å². The van der Waals surface area contributed by atoms with Crippen LogP contribution < -0.4 is 10.9 Å². The van der Waals surface area contributed by atoms with Gasteiger partial charge in [-0.2, -0.15) is 0 Å². The van der Waals surface area contributed by atoms with E-state index in [0.717, 1.165) is 37.0 Å². The molecule has 0 atom stereocenters. The summed E-state index contributed by atoms with van der Waals surface area (Å²) in [5.41, 5.74) is 3.92. The van der Waals surface area contributed by atoms with Crippen LogP contribution in [0.4, 0.5) is 5.69 Å². The smallest absolute Gasteiger partial charge is 0.338 e. The third-order valence-electron chi connectivity index (χ3n) is 6.76. The first-order valence-electron chi connectivity index (χ1n) is 11.6. The van der Waals surface area contributed by atoms with E-state index in [0.29, 0.717) is 17.5 Å². The van der Waals surface area contributed by atoms with Gasteiger partial charge in [-0.1, -0.05) is 49.2 Å². The minimum absolute atomic E-state index is 0.285. The highest BCUT2D eigenvalue weighted by atomic mass is 16.4. The average molecular weight is 415 g/mol. The number of hydrogen-bond donors (Lipinski definition) is 1. The van der Waals surface area contributed by atoms with Gasteiger partial charge in [0.1, 0.15) is 5.58 Å². The van der Waals surface area contributed by atoms with Crippen molar-refractivity contribution in [2.75, 3.05) is 18.4 Å². The number of nitrogens with zero attached hydrogens (tertiary/aromatic N) is 1. The normalized spacial score (nSPS) is 18.3. The van der Waals surface area contributed by atoms with E-state index in [1.807, 2.05) is 12.1 Å². The molecular formula is C27H30N2O2. The summed E-state index contributed by atoms with van der Waals surface area (Å²) >= 11 is 0. The first-order chi connectivity index (χ1) is 15.2. The number of anilines is 1. The maximum atomic E-state index is 12.1. The topological polar surface area (TPSA) is 45.5 Å². The van der Waals surface area contributed by atoms with Crippen molar-refractivity contribution in [3.8, 4) is 0 Å². The maximum absolute atomic E-state index is 12.1. The predicted molar refractivity (Wildman–Crippen MR) is 127 cm³/mol. The number of benzene rings is 2. The molecule has 5 rings (SSSR count). The lowest BCUT2D eigenvalue weighted by Gasteiger charge is -2.32. The lowest BCUT2D eigenvalue weighted by Crippen LogP contribution is -2.36.